The molecule has 0 radical (unpaired) electrons. The minimum Gasteiger partial charge on any atom is -0.493 e. The van der Waals surface area contributed by atoms with E-state index in [1.807, 2.05) is 23.6 Å². The largest absolute Gasteiger partial charge is 0.493 e. The highest BCUT2D eigenvalue weighted by Crippen LogP contribution is 2.39. The molecule has 0 unspecified atom stereocenters. The maximum Gasteiger partial charge on any atom is 0.433 e. The molecule has 7 nitrogen and oxygen atoms in total. The molecular weight excluding hydrogens is 412 g/mol. The Labute approximate surface area is 174 Å². The number of thiazole rings is 1. The lowest BCUT2D eigenvalue weighted by Crippen LogP contribution is -2.40. The molecule has 146 valence electrons. The van der Waals surface area contributed by atoms with Crippen LogP contribution >= 0.6 is 23.1 Å². The molecule has 0 saturated heterocycles. The number of ether oxygens (including phenoxy) is 2. The highest BCUT2D eigenvalue weighted by Gasteiger charge is 2.40. The van der Waals surface area contributed by atoms with Crippen molar-refractivity contribution < 1.29 is 23.8 Å². The van der Waals surface area contributed by atoms with Gasteiger partial charge in [0.15, 0.2) is 11.5 Å². The number of nitro groups is 1. The molecule has 3 aromatic rings. The van der Waals surface area contributed by atoms with Gasteiger partial charge in [0.25, 0.3) is 5.69 Å². The zero-order valence-electron chi connectivity index (χ0n) is 15.4. The van der Waals surface area contributed by atoms with E-state index in [0.717, 1.165) is 15.5 Å². The topological polar surface area (TPSA) is 82.6 Å². The average molecular weight is 427 g/mol. The van der Waals surface area contributed by atoms with E-state index >= 15 is 0 Å². The molecule has 9 heteroatoms. The molecular formula is C20H15N2O5S2+. The number of aromatic nitrogens is 1. The molecule has 2 heterocycles. The first-order valence-electron chi connectivity index (χ1n) is 8.46. The molecule has 0 fully saturated rings. The van der Waals surface area contributed by atoms with E-state index in [-0.39, 0.29) is 11.6 Å². The fourth-order valence-electron chi connectivity index (χ4n) is 2.96. The number of non-ortho nitro benzene ring substituents is 1. The van der Waals surface area contributed by atoms with Crippen LogP contribution in [0.5, 0.6) is 11.5 Å². The maximum atomic E-state index is 13.0. The van der Waals surface area contributed by atoms with Crippen molar-refractivity contribution >= 4 is 40.8 Å². The SMILES string of the molecule is COc1ccc(/C=C2\Sc3scc(-c4ccc([N+](=O)[O-])cc4)[n+]3C2=O)cc1OC. The summed E-state index contributed by atoms with van der Waals surface area (Å²) < 4.78 is 13.1. The van der Waals surface area contributed by atoms with Gasteiger partial charge in [0.2, 0.25) is 5.69 Å². The molecule has 0 atom stereocenters. The quantitative estimate of drug-likeness (QED) is 0.260. The number of methoxy groups -OCH3 is 2. The van der Waals surface area contributed by atoms with Gasteiger partial charge in [0.1, 0.15) is 4.91 Å². The van der Waals surface area contributed by atoms with Gasteiger partial charge in [-0.1, -0.05) is 17.4 Å². The summed E-state index contributed by atoms with van der Waals surface area (Å²) in [6.45, 7) is 0. The van der Waals surface area contributed by atoms with Crippen molar-refractivity contribution in [3.8, 4) is 22.8 Å². The van der Waals surface area contributed by atoms with Gasteiger partial charge >= 0.3 is 10.2 Å². The van der Waals surface area contributed by atoms with Crippen LogP contribution in [0.4, 0.5) is 5.69 Å². The number of benzene rings is 2. The van der Waals surface area contributed by atoms with E-state index < -0.39 is 4.92 Å². The summed E-state index contributed by atoms with van der Waals surface area (Å²) >= 11 is 2.86. The van der Waals surface area contributed by atoms with E-state index in [2.05, 4.69) is 0 Å². The van der Waals surface area contributed by atoms with Gasteiger partial charge < -0.3 is 9.47 Å². The molecule has 0 N–H and O–H groups in total. The molecule has 0 saturated carbocycles. The highest BCUT2D eigenvalue weighted by molar-refractivity contribution is 8.05. The van der Waals surface area contributed by atoms with Crippen molar-refractivity contribution in [1.82, 2.24) is 0 Å². The lowest BCUT2D eigenvalue weighted by molar-refractivity contribution is -0.588. The number of rotatable bonds is 5. The van der Waals surface area contributed by atoms with Crippen molar-refractivity contribution in [2.75, 3.05) is 14.2 Å². The van der Waals surface area contributed by atoms with E-state index in [1.54, 1.807) is 37.0 Å². The van der Waals surface area contributed by atoms with Crippen LogP contribution in [0.1, 0.15) is 10.4 Å². The van der Waals surface area contributed by atoms with Crippen LogP contribution in [0.25, 0.3) is 17.3 Å². The number of nitro benzene ring substituents is 1. The lowest BCUT2D eigenvalue weighted by Gasteiger charge is -2.07. The Kier molecular flexibility index (Phi) is 5.08. The molecule has 0 bridgehead atoms. The first kappa shape index (κ1) is 19.2. The Bertz CT molecular complexity index is 1150. The number of hydrogen-bond donors (Lipinski definition) is 0. The number of carbonyl (C=O) groups excluding carboxylic acids is 1. The molecule has 4 rings (SSSR count). The van der Waals surface area contributed by atoms with Gasteiger partial charge in [0, 0.05) is 29.5 Å². The normalized spacial score (nSPS) is 14.1. The molecule has 29 heavy (non-hydrogen) atoms. The first-order chi connectivity index (χ1) is 14.0. The third-order valence-corrected chi connectivity index (χ3v) is 6.52. The predicted octanol–water partition coefficient (Wildman–Crippen LogP) is 4.42. The van der Waals surface area contributed by atoms with Crippen molar-refractivity contribution in [3.63, 3.8) is 0 Å². The Balaban J connectivity index is 1.66. The second-order valence-electron chi connectivity index (χ2n) is 6.06. The van der Waals surface area contributed by atoms with Crippen molar-refractivity contribution in [2.45, 2.75) is 4.34 Å². The summed E-state index contributed by atoms with van der Waals surface area (Å²) in [5, 5.41) is 12.7. The number of carbonyl (C=O) groups is 1. The fraction of sp³-hybridized carbons (Fsp3) is 0.100. The van der Waals surface area contributed by atoms with Gasteiger partial charge in [-0.3, -0.25) is 10.1 Å². The van der Waals surface area contributed by atoms with Crippen LogP contribution in [-0.4, -0.2) is 25.1 Å². The molecule has 2 aromatic carbocycles. The van der Waals surface area contributed by atoms with E-state index in [4.69, 9.17) is 9.47 Å². The lowest BCUT2D eigenvalue weighted by atomic mass is 10.1. The minimum absolute atomic E-state index is 0.0142. The summed E-state index contributed by atoms with van der Waals surface area (Å²) in [4.78, 5) is 24.0. The van der Waals surface area contributed by atoms with Crippen LogP contribution in [0, 0.1) is 10.1 Å². The third-order valence-electron chi connectivity index (χ3n) is 4.39. The summed E-state index contributed by atoms with van der Waals surface area (Å²) in [5.41, 5.74) is 2.30. The summed E-state index contributed by atoms with van der Waals surface area (Å²) in [6, 6.07) is 11.6. The van der Waals surface area contributed by atoms with Crippen LogP contribution in [0.3, 0.4) is 0 Å². The Morgan fingerprint density at radius 1 is 1.07 bits per heavy atom. The van der Waals surface area contributed by atoms with E-state index in [1.165, 1.54) is 35.2 Å². The number of allylic oxidation sites excluding steroid dienone is 1. The fourth-order valence-corrected chi connectivity index (χ4v) is 5.14. The monoisotopic (exact) mass is 427 g/mol. The summed E-state index contributed by atoms with van der Waals surface area (Å²) in [7, 11) is 3.13. The van der Waals surface area contributed by atoms with E-state index in [0.29, 0.717) is 22.1 Å². The van der Waals surface area contributed by atoms with Crippen LogP contribution in [0.15, 0.2) is 57.1 Å². The summed E-state index contributed by atoms with van der Waals surface area (Å²) in [6.07, 6.45) is 1.81. The molecule has 1 aliphatic rings. The number of fused-ring (bicyclic) bond motifs is 1. The van der Waals surface area contributed by atoms with Crippen LogP contribution in [-0.2, 0) is 0 Å². The second-order valence-corrected chi connectivity index (χ2v) is 8.20. The first-order valence-corrected chi connectivity index (χ1v) is 10.2. The standard InChI is InChI=1S/C20H15N2O5S2/c1-26-16-8-3-12(9-17(16)27-2)10-18-19(23)21-15(11-28-20(21)29-18)13-4-6-14(7-5-13)22(24)25/h3-11H,1-2H3/q+1/b18-10-. The van der Waals surface area contributed by atoms with Gasteiger partial charge in [0.05, 0.1) is 24.5 Å². The smallest absolute Gasteiger partial charge is 0.433 e. The predicted molar refractivity (Wildman–Crippen MR) is 111 cm³/mol. The van der Waals surface area contributed by atoms with E-state index in [9.17, 15) is 14.9 Å². The zero-order valence-corrected chi connectivity index (χ0v) is 17.1. The molecule has 0 amide bonds. The Hall–Kier alpha value is -3.17. The van der Waals surface area contributed by atoms with Crippen molar-refractivity contribution in [3.05, 3.63) is 68.4 Å². The van der Waals surface area contributed by atoms with Crippen LogP contribution in [0.2, 0.25) is 0 Å². The number of thioether (sulfide) groups is 1. The Morgan fingerprint density at radius 3 is 2.45 bits per heavy atom. The van der Waals surface area contributed by atoms with Crippen LogP contribution < -0.4 is 14.0 Å². The minimum atomic E-state index is -0.445. The van der Waals surface area contributed by atoms with Gasteiger partial charge in [-0.25, -0.2) is 4.79 Å². The van der Waals surface area contributed by atoms with Gasteiger partial charge in [-0.05, 0) is 35.9 Å². The second kappa shape index (κ2) is 7.69. The zero-order chi connectivity index (χ0) is 20.5. The maximum absolute atomic E-state index is 13.0. The Morgan fingerprint density at radius 2 is 1.79 bits per heavy atom. The summed E-state index contributed by atoms with van der Waals surface area (Å²) in [5.74, 6) is 1.08. The average Bonchev–Trinajstić information content (AvgIpc) is 3.28. The van der Waals surface area contributed by atoms with Crippen molar-refractivity contribution in [1.29, 1.82) is 0 Å². The number of nitrogens with zero attached hydrogens (tertiary/aromatic N) is 2. The third kappa shape index (κ3) is 3.50. The van der Waals surface area contributed by atoms with Crippen molar-refractivity contribution in [2.24, 2.45) is 0 Å². The highest BCUT2D eigenvalue weighted by atomic mass is 32.2. The molecule has 1 aromatic heterocycles. The number of hydrogen-bond acceptors (Lipinski definition) is 7. The molecule has 0 aliphatic carbocycles. The van der Waals surface area contributed by atoms with Gasteiger partial charge in [-0.2, -0.15) is 0 Å². The van der Waals surface area contributed by atoms with Gasteiger partial charge in [-0.15, -0.1) is 4.57 Å². The molecule has 0 spiro atoms. The molecule has 1 aliphatic heterocycles.